The Balaban J connectivity index is 1.48. The van der Waals surface area contributed by atoms with E-state index in [0.717, 1.165) is 39.3 Å². The molecule has 2 aliphatic heterocycles. The lowest BCUT2D eigenvalue weighted by molar-refractivity contribution is -0.189. The standard InChI is InChI=1S/C13H21N3O/c14-11-3-1-2-4-13(11,15)5-6-16-7-12(8-16)9-17-10-12/h1-4,11H,5-10,14-15H2. The molecule has 2 heterocycles. The van der Waals surface area contributed by atoms with Crippen molar-refractivity contribution in [3.8, 4) is 0 Å². The van der Waals surface area contributed by atoms with Crippen LogP contribution in [0.3, 0.4) is 0 Å². The third-order valence-electron chi connectivity index (χ3n) is 4.25. The van der Waals surface area contributed by atoms with Crippen molar-refractivity contribution in [2.24, 2.45) is 16.9 Å². The van der Waals surface area contributed by atoms with Gasteiger partial charge in [-0.15, -0.1) is 0 Å². The van der Waals surface area contributed by atoms with Crippen molar-refractivity contribution in [3.63, 3.8) is 0 Å². The van der Waals surface area contributed by atoms with E-state index in [9.17, 15) is 0 Å². The molecule has 17 heavy (non-hydrogen) atoms. The summed E-state index contributed by atoms with van der Waals surface area (Å²) >= 11 is 0. The van der Waals surface area contributed by atoms with Crippen molar-refractivity contribution in [3.05, 3.63) is 24.3 Å². The van der Waals surface area contributed by atoms with E-state index < -0.39 is 0 Å². The van der Waals surface area contributed by atoms with Crippen LogP contribution in [0.2, 0.25) is 0 Å². The quantitative estimate of drug-likeness (QED) is 0.714. The molecular weight excluding hydrogens is 214 g/mol. The van der Waals surface area contributed by atoms with Crippen molar-refractivity contribution < 1.29 is 4.74 Å². The average molecular weight is 235 g/mol. The van der Waals surface area contributed by atoms with Gasteiger partial charge in [0.05, 0.1) is 18.8 Å². The Morgan fingerprint density at radius 1 is 1.29 bits per heavy atom. The average Bonchev–Trinajstić information content (AvgIpc) is 2.18. The number of allylic oxidation sites excluding steroid dienone is 2. The first-order valence-corrected chi connectivity index (χ1v) is 6.33. The molecule has 0 amide bonds. The first kappa shape index (κ1) is 11.4. The van der Waals surface area contributed by atoms with Crippen molar-refractivity contribution >= 4 is 0 Å². The Hall–Kier alpha value is -0.680. The van der Waals surface area contributed by atoms with Gasteiger partial charge < -0.3 is 21.1 Å². The van der Waals surface area contributed by atoms with Gasteiger partial charge >= 0.3 is 0 Å². The largest absolute Gasteiger partial charge is 0.380 e. The first-order valence-electron chi connectivity index (χ1n) is 6.33. The van der Waals surface area contributed by atoms with E-state index in [1.165, 1.54) is 0 Å². The molecule has 2 saturated heterocycles. The van der Waals surface area contributed by atoms with Crippen LogP contribution in [-0.4, -0.2) is 49.3 Å². The molecule has 2 atom stereocenters. The fraction of sp³-hybridized carbons (Fsp3) is 0.692. The maximum absolute atomic E-state index is 6.33. The van der Waals surface area contributed by atoms with Crippen molar-refractivity contribution in [2.75, 3.05) is 32.8 Å². The number of hydrogen-bond acceptors (Lipinski definition) is 4. The minimum atomic E-state index is -0.367. The molecule has 0 saturated carbocycles. The fourth-order valence-corrected chi connectivity index (χ4v) is 2.94. The molecule has 0 bridgehead atoms. The van der Waals surface area contributed by atoms with E-state index in [1.807, 2.05) is 24.3 Å². The molecule has 4 N–H and O–H groups in total. The summed E-state index contributed by atoms with van der Waals surface area (Å²) in [5.41, 5.74) is 12.5. The molecule has 3 aliphatic rings. The highest BCUT2D eigenvalue weighted by molar-refractivity contribution is 5.26. The smallest absolute Gasteiger partial charge is 0.0569 e. The molecular formula is C13H21N3O. The molecule has 4 heteroatoms. The molecule has 0 aromatic carbocycles. The number of rotatable bonds is 3. The van der Waals surface area contributed by atoms with Gasteiger partial charge in [0.15, 0.2) is 0 Å². The van der Waals surface area contributed by atoms with Crippen molar-refractivity contribution in [1.29, 1.82) is 0 Å². The van der Waals surface area contributed by atoms with E-state index in [-0.39, 0.29) is 11.6 Å². The zero-order chi connectivity index (χ0) is 11.9. The first-order chi connectivity index (χ1) is 8.12. The van der Waals surface area contributed by atoms with Crippen LogP contribution in [0.25, 0.3) is 0 Å². The fourth-order valence-electron chi connectivity index (χ4n) is 2.94. The van der Waals surface area contributed by atoms with Gasteiger partial charge in [-0.2, -0.15) is 0 Å². The summed E-state index contributed by atoms with van der Waals surface area (Å²) in [4.78, 5) is 2.45. The highest BCUT2D eigenvalue weighted by atomic mass is 16.5. The van der Waals surface area contributed by atoms with E-state index in [0.29, 0.717) is 5.41 Å². The molecule has 2 fully saturated rings. The summed E-state index contributed by atoms with van der Waals surface area (Å²) in [6, 6.07) is -0.0604. The Labute approximate surface area is 102 Å². The Morgan fingerprint density at radius 3 is 2.65 bits per heavy atom. The lowest BCUT2D eigenvalue weighted by Gasteiger charge is -2.55. The molecule has 4 nitrogen and oxygen atoms in total. The van der Waals surface area contributed by atoms with Gasteiger partial charge in [-0.25, -0.2) is 0 Å². The molecule has 3 rings (SSSR count). The van der Waals surface area contributed by atoms with Crippen molar-refractivity contribution in [1.82, 2.24) is 4.90 Å². The second kappa shape index (κ2) is 3.92. The number of likely N-dealkylation sites (tertiary alicyclic amines) is 1. The second-order valence-corrected chi connectivity index (χ2v) is 5.84. The Kier molecular flexibility index (Phi) is 2.63. The summed E-state index contributed by atoms with van der Waals surface area (Å²) in [5, 5.41) is 0. The molecule has 0 aromatic heterocycles. The highest BCUT2D eigenvalue weighted by Crippen LogP contribution is 2.37. The summed E-state index contributed by atoms with van der Waals surface area (Å²) < 4.78 is 5.27. The van der Waals surface area contributed by atoms with Crippen LogP contribution in [-0.2, 0) is 4.74 Å². The van der Waals surface area contributed by atoms with Crippen LogP contribution < -0.4 is 11.5 Å². The molecule has 1 aliphatic carbocycles. The van der Waals surface area contributed by atoms with Crippen molar-refractivity contribution in [2.45, 2.75) is 18.0 Å². The summed E-state index contributed by atoms with van der Waals surface area (Å²) in [6.45, 7) is 5.25. The van der Waals surface area contributed by atoms with E-state index >= 15 is 0 Å². The van der Waals surface area contributed by atoms with Crippen LogP contribution in [0.5, 0.6) is 0 Å². The van der Waals surface area contributed by atoms with Crippen LogP contribution in [0.4, 0.5) is 0 Å². The lowest BCUT2D eigenvalue weighted by atomic mass is 9.77. The van der Waals surface area contributed by atoms with Gasteiger partial charge in [0.1, 0.15) is 0 Å². The third-order valence-corrected chi connectivity index (χ3v) is 4.25. The highest BCUT2D eigenvalue weighted by Gasteiger charge is 2.48. The molecule has 0 aromatic rings. The zero-order valence-corrected chi connectivity index (χ0v) is 10.1. The van der Waals surface area contributed by atoms with E-state index in [1.54, 1.807) is 0 Å². The summed E-state index contributed by atoms with van der Waals surface area (Å²) in [7, 11) is 0. The minimum absolute atomic E-state index is 0.0604. The van der Waals surface area contributed by atoms with Crippen LogP contribution in [0.15, 0.2) is 24.3 Å². The molecule has 0 radical (unpaired) electrons. The van der Waals surface area contributed by atoms with Crippen LogP contribution in [0.1, 0.15) is 6.42 Å². The predicted octanol–water partition coefficient (Wildman–Crippen LogP) is -0.140. The monoisotopic (exact) mass is 235 g/mol. The Morgan fingerprint density at radius 2 is 2.06 bits per heavy atom. The topological polar surface area (TPSA) is 64.5 Å². The minimum Gasteiger partial charge on any atom is -0.380 e. The van der Waals surface area contributed by atoms with Crippen LogP contribution in [0, 0.1) is 5.41 Å². The normalized spacial score (nSPS) is 39.1. The van der Waals surface area contributed by atoms with Gasteiger partial charge in [0, 0.05) is 31.1 Å². The third kappa shape index (κ3) is 1.95. The van der Waals surface area contributed by atoms with Crippen LogP contribution >= 0.6 is 0 Å². The molecule has 94 valence electrons. The predicted molar refractivity (Wildman–Crippen MR) is 67.5 cm³/mol. The summed E-state index contributed by atoms with van der Waals surface area (Å²) in [6.07, 6.45) is 8.92. The molecule has 2 unspecified atom stereocenters. The number of nitrogens with zero attached hydrogens (tertiary/aromatic N) is 1. The van der Waals surface area contributed by atoms with E-state index in [4.69, 9.17) is 16.2 Å². The van der Waals surface area contributed by atoms with Gasteiger partial charge in [-0.1, -0.05) is 24.3 Å². The number of hydrogen-bond donors (Lipinski definition) is 2. The van der Waals surface area contributed by atoms with E-state index in [2.05, 4.69) is 4.90 Å². The van der Waals surface area contributed by atoms with Gasteiger partial charge in [-0.3, -0.25) is 0 Å². The summed E-state index contributed by atoms with van der Waals surface area (Å²) in [5.74, 6) is 0. The lowest BCUT2D eigenvalue weighted by Crippen LogP contribution is -2.66. The SMILES string of the molecule is NC1C=CC=CC1(N)CCN1CC2(COC2)C1. The second-order valence-electron chi connectivity index (χ2n) is 5.84. The zero-order valence-electron chi connectivity index (χ0n) is 10.1. The maximum atomic E-state index is 6.33. The molecule has 1 spiro atoms. The van der Waals surface area contributed by atoms with Gasteiger partial charge in [0.25, 0.3) is 0 Å². The van der Waals surface area contributed by atoms with Gasteiger partial charge in [-0.05, 0) is 6.42 Å². The number of ether oxygens (including phenoxy) is 1. The maximum Gasteiger partial charge on any atom is 0.0569 e. The number of nitrogens with two attached hydrogens (primary N) is 2. The van der Waals surface area contributed by atoms with Gasteiger partial charge in [0.2, 0.25) is 0 Å². The Bertz CT molecular complexity index is 354.